The SMILES string of the molecule is O=S(=O)(CCC1CCNCC1)NCCN1CCCCC1. The molecule has 2 aliphatic heterocycles. The fraction of sp³-hybridized carbons (Fsp3) is 1.00. The molecule has 118 valence electrons. The Labute approximate surface area is 123 Å². The highest BCUT2D eigenvalue weighted by Crippen LogP contribution is 2.16. The minimum absolute atomic E-state index is 0.289. The van der Waals surface area contributed by atoms with Crippen LogP contribution in [-0.4, -0.2) is 58.3 Å². The van der Waals surface area contributed by atoms with Gasteiger partial charge in [0.2, 0.25) is 10.0 Å². The first-order chi connectivity index (χ1) is 9.66. The molecule has 5 nitrogen and oxygen atoms in total. The summed E-state index contributed by atoms with van der Waals surface area (Å²) in [5, 5.41) is 3.31. The molecule has 2 rings (SSSR count). The van der Waals surface area contributed by atoms with Gasteiger partial charge in [-0.15, -0.1) is 0 Å². The van der Waals surface area contributed by atoms with Crippen molar-refractivity contribution in [2.75, 3.05) is 45.0 Å². The molecule has 0 saturated carbocycles. The standard InChI is InChI=1S/C14H29N3O2S/c18-20(19,13-6-14-4-7-15-8-5-14)16-9-12-17-10-2-1-3-11-17/h14-16H,1-13H2. The van der Waals surface area contributed by atoms with Gasteiger partial charge in [-0.25, -0.2) is 13.1 Å². The van der Waals surface area contributed by atoms with Crippen LogP contribution >= 0.6 is 0 Å². The first-order valence-corrected chi connectivity index (χ1v) is 9.71. The quantitative estimate of drug-likeness (QED) is 0.730. The van der Waals surface area contributed by atoms with E-state index in [2.05, 4.69) is 14.9 Å². The maximum Gasteiger partial charge on any atom is 0.211 e. The lowest BCUT2D eigenvalue weighted by atomic mass is 9.96. The average molecular weight is 303 g/mol. The van der Waals surface area contributed by atoms with Gasteiger partial charge in [0.25, 0.3) is 0 Å². The summed E-state index contributed by atoms with van der Waals surface area (Å²) < 4.78 is 26.7. The van der Waals surface area contributed by atoms with Gasteiger partial charge < -0.3 is 10.2 Å². The van der Waals surface area contributed by atoms with Gasteiger partial charge in [0.05, 0.1) is 5.75 Å². The largest absolute Gasteiger partial charge is 0.317 e. The van der Waals surface area contributed by atoms with Gasteiger partial charge in [-0.2, -0.15) is 0 Å². The Hall–Kier alpha value is -0.170. The molecule has 0 aromatic rings. The van der Waals surface area contributed by atoms with E-state index in [0.29, 0.717) is 12.5 Å². The van der Waals surface area contributed by atoms with E-state index in [4.69, 9.17) is 0 Å². The second-order valence-corrected chi connectivity index (χ2v) is 8.02. The van der Waals surface area contributed by atoms with E-state index < -0.39 is 10.0 Å². The summed E-state index contributed by atoms with van der Waals surface area (Å²) in [4.78, 5) is 2.36. The molecular formula is C14H29N3O2S. The van der Waals surface area contributed by atoms with E-state index in [0.717, 1.165) is 52.0 Å². The van der Waals surface area contributed by atoms with E-state index in [9.17, 15) is 8.42 Å². The van der Waals surface area contributed by atoms with Crippen molar-refractivity contribution in [3.05, 3.63) is 0 Å². The third-order valence-corrected chi connectivity index (χ3v) is 5.87. The lowest BCUT2D eigenvalue weighted by molar-refractivity contribution is 0.232. The maximum absolute atomic E-state index is 12.0. The minimum Gasteiger partial charge on any atom is -0.317 e. The summed E-state index contributed by atoms with van der Waals surface area (Å²) in [5.41, 5.74) is 0. The van der Waals surface area contributed by atoms with Gasteiger partial charge in [-0.3, -0.25) is 0 Å². The van der Waals surface area contributed by atoms with Crippen LogP contribution in [-0.2, 0) is 10.0 Å². The molecule has 0 unspecified atom stereocenters. The summed E-state index contributed by atoms with van der Waals surface area (Å²) in [5.74, 6) is 0.868. The second kappa shape index (κ2) is 8.32. The first-order valence-electron chi connectivity index (χ1n) is 8.06. The van der Waals surface area contributed by atoms with Crippen molar-refractivity contribution in [3.8, 4) is 0 Å². The second-order valence-electron chi connectivity index (χ2n) is 6.10. The maximum atomic E-state index is 12.0. The lowest BCUT2D eigenvalue weighted by Gasteiger charge is -2.26. The number of likely N-dealkylation sites (tertiary alicyclic amines) is 1. The molecule has 2 fully saturated rings. The number of sulfonamides is 1. The highest BCUT2D eigenvalue weighted by molar-refractivity contribution is 7.89. The predicted molar refractivity (Wildman–Crippen MR) is 82.3 cm³/mol. The van der Waals surface area contributed by atoms with Crippen LogP contribution in [0.5, 0.6) is 0 Å². The molecule has 0 amide bonds. The normalized spacial score (nSPS) is 23.0. The Balaban J connectivity index is 1.60. The molecule has 0 aliphatic carbocycles. The highest BCUT2D eigenvalue weighted by atomic mass is 32.2. The van der Waals surface area contributed by atoms with Gasteiger partial charge in [-0.1, -0.05) is 6.42 Å². The van der Waals surface area contributed by atoms with Crippen LogP contribution in [0.1, 0.15) is 38.5 Å². The zero-order valence-electron chi connectivity index (χ0n) is 12.4. The van der Waals surface area contributed by atoms with Crippen LogP contribution in [0.4, 0.5) is 0 Å². The van der Waals surface area contributed by atoms with E-state index in [-0.39, 0.29) is 5.75 Å². The Morgan fingerprint density at radius 2 is 1.80 bits per heavy atom. The Morgan fingerprint density at radius 3 is 2.50 bits per heavy atom. The molecule has 0 aromatic heterocycles. The molecule has 0 aromatic carbocycles. The molecule has 6 heteroatoms. The Kier molecular flexibility index (Phi) is 6.74. The lowest BCUT2D eigenvalue weighted by Crippen LogP contribution is -2.38. The van der Waals surface area contributed by atoms with Crippen LogP contribution in [0.15, 0.2) is 0 Å². The van der Waals surface area contributed by atoms with Crippen molar-refractivity contribution in [3.63, 3.8) is 0 Å². The predicted octanol–water partition coefficient (Wildman–Crippen LogP) is 0.781. The van der Waals surface area contributed by atoms with Crippen LogP contribution < -0.4 is 10.0 Å². The van der Waals surface area contributed by atoms with Crippen LogP contribution in [0.3, 0.4) is 0 Å². The summed E-state index contributed by atoms with van der Waals surface area (Å²) >= 11 is 0. The topological polar surface area (TPSA) is 61.4 Å². The molecular weight excluding hydrogens is 274 g/mol. The highest BCUT2D eigenvalue weighted by Gasteiger charge is 2.18. The zero-order chi connectivity index (χ0) is 14.3. The fourth-order valence-corrected chi connectivity index (χ4v) is 4.30. The third-order valence-electron chi connectivity index (χ3n) is 4.45. The van der Waals surface area contributed by atoms with Crippen LogP contribution in [0, 0.1) is 5.92 Å². The molecule has 0 spiro atoms. The minimum atomic E-state index is -3.08. The van der Waals surface area contributed by atoms with Gasteiger partial charge in [0.1, 0.15) is 0 Å². The number of nitrogens with one attached hydrogen (secondary N) is 2. The third kappa shape index (κ3) is 6.08. The Morgan fingerprint density at radius 1 is 1.10 bits per heavy atom. The molecule has 0 atom stereocenters. The molecule has 2 saturated heterocycles. The average Bonchev–Trinajstić information content (AvgIpc) is 2.47. The summed E-state index contributed by atoms with van der Waals surface area (Å²) in [7, 11) is -3.08. The van der Waals surface area contributed by atoms with Crippen molar-refractivity contribution in [2.45, 2.75) is 38.5 Å². The van der Waals surface area contributed by atoms with Gasteiger partial charge in [-0.05, 0) is 64.2 Å². The van der Waals surface area contributed by atoms with Gasteiger partial charge >= 0.3 is 0 Å². The summed E-state index contributed by atoms with van der Waals surface area (Å²) in [6.07, 6.45) is 6.86. The molecule has 2 aliphatic rings. The van der Waals surface area contributed by atoms with Crippen LogP contribution in [0.25, 0.3) is 0 Å². The number of nitrogens with zero attached hydrogens (tertiary/aromatic N) is 1. The monoisotopic (exact) mass is 303 g/mol. The van der Waals surface area contributed by atoms with Gasteiger partial charge in [0.15, 0.2) is 0 Å². The van der Waals surface area contributed by atoms with Crippen LogP contribution in [0.2, 0.25) is 0 Å². The van der Waals surface area contributed by atoms with E-state index in [1.165, 1.54) is 19.3 Å². The van der Waals surface area contributed by atoms with E-state index >= 15 is 0 Å². The fourth-order valence-electron chi connectivity index (χ4n) is 3.11. The van der Waals surface area contributed by atoms with Crippen molar-refractivity contribution >= 4 is 10.0 Å². The van der Waals surface area contributed by atoms with Crippen molar-refractivity contribution < 1.29 is 8.42 Å². The van der Waals surface area contributed by atoms with Crippen molar-refractivity contribution in [1.82, 2.24) is 14.9 Å². The molecule has 2 heterocycles. The number of piperidine rings is 2. The first kappa shape index (κ1) is 16.2. The number of rotatable bonds is 7. The zero-order valence-corrected chi connectivity index (χ0v) is 13.3. The molecule has 20 heavy (non-hydrogen) atoms. The summed E-state index contributed by atoms with van der Waals surface area (Å²) in [6.45, 7) is 5.73. The van der Waals surface area contributed by atoms with E-state index in [1.807, 2.05) is 0 Å². The van der Waals surface area contributed by atoms with E-state index in [1.54, 1.807) is 0 Å². The molecule has 2 N–H and O–H groups in total. The van der Waals surface area contributed by atoms with Gasteiger partial charge in [0, 0.05) is 13.1 Å². The smallest absolute Gasteiger partial charge is 0.211 e. The Bertz CT molecular complexity index is 361. The molecule has 0 bridgehead atoms. The molecule has 0 radical (unpaired) electrons. The van der Waals surface area contributed by atoms with Crippen molar-refractivity contribution in [2.24, 2.45) is 5.92 Å². The van der Waals surface area contributed by atoms with Crippen molar-refractivity contribution in [1.29, 1.82) is 0 Å². The summed E-state index contributed by atoms with van der Waals surface area (Å²) in [6, 6.07) is 0. The number of hydrogen-bond donors (Lipinski definition) is 2. The number of hydrogen-bond acceptors (Lipinski definition) is 4.